The second kappa shape index (κ2) is 5.85. The Labute approximate surface area is 105 Å². The van der Waals surface area contributed by atoms with Gasteiger partial charge < -0.3 is 10.6 Å². The monoisotopic (exact) mass is 238 g/mol. The molecule has 0 spiro atoms. The van der Waals surface area contributed by atoms with Gasteiger partial charge in [-0.3, -0.25) is 4.79 Å². The maximum absolute atomic E-state index is 11.9. The van der Waals surface area contributed by atoms with Crippen molar-refractivity contribution in [1.29, 1.82) is 0 Å². The summed E-state index contributed by atoms with van der Waals surface area (Å²) in [4.78, 5) is 11.9. The molecule has 2 N–H and O–H groups in total. The standard InChI is InChI=1S/C14H26N2O/c1-3-15-8-10(2)14(17)16-9-13-7-11-4-5-12(13)6-11/h10-13,15H,3-9H2,1-2H3,(H,16,17). The molecule has 0 radical (unpaired) electrons. The lowest BCUT2D eigenvalue weighted by atomic mass is 9.89. The topological polar surface area (TPSA) is 41.1 Å². The van der Waals surface area contributed by atoms with Crippen molar-refractivity contribution in [1.82, 2.24) is 10.6 Å². The van der Waals surface area contributed by atoms with Gasteiger partial charge >= 0.3 is 0 Å². The summed E-state index contributed by atoms with van der Waals surface area (Å²) in [7, 11) is 0. The molecule has 0 aliphatic heterocycles. The molecule has 1 amide bonds. The molecule has 2 aliphatic carbocycles. The fraction of sp³-hybridized carbons (Fsp3) is 0.929. The highest BCUT2D eigenvalue weighted by Crippen LogP contribution is 2.47. The van der Waals surface area contributed by atoms with E-state index in [1.807, 2.05) is 6.92 Å². The smallest absolute Gasteiger partial charge is 0.224 e. The number of amides is 1. The van der Waals surface area contributed by atoms with Gasteiger partial charge in [0.15, 0.2) is 0 Å². The first-order chi connectivity index (χ1) is 8.20. The number of hydrogen-bond acceptors (Lipinski definition) is 2. The van der Waals surface area contributed by atoms with Crippen molar-refractivity contribution in [3.05, 3.63) is 0 Å². The van der Waals surface area contributed by atoms with E-state index in [2.05, 4.69) is 17.6 Å². The van der Waals surface area contributed by atoms with Gasteiger partial charge in [0.2, 0.25) is 5.91 Å². The molecular weight excluding hydrogens is 212 g/mol. The van der Waals surface area contributed by atoms with Crippen molar-refractivity contribution in [2.24, 2.45) is 23.7 Å². The first-order valence-electron chi connectivity index (χ1n) is 7.19. The molecule has 2 bridgehead atoms. The zero-order chi connectivity index (χ0) is 12.3. The third kappa shape index (κ3) is 3.21. The molecule has 0 aromatic heterocycles. The number of carbonyl (C=O) groups is 1. The first-order valence-corrected chi connectivity index (χ1v) is 7.19. The molecule has 4 atom stereocenters. The Hall–Kier alpha value is -0.570. The number of carbonyl (C=O) groups excluding carboxylic acids is 1. The van der Waals surface area contributed by atoms with Crippen LogP contribution in [0, 0.1) is 23.7 Å². The molecular formula is C14H26N2O. The zero-order valence-electron chi connectivity index (χ0n) is 11.2. The lowest BCUT2D eigenvalue weighted by Crippen LogP contribution is -2.38. The summed E-state index contributed by atoms with van der Waals surface area (Å²) in [5.74, 6) is 2.96. The SMILES string of the molecule is CCNCC(C)C(=O)NCC1CC2CCC1C2. The highest BCUT2D eigenvalue weighted by atomic mass is 16.1. The summed E-state index contributed by atoms with van der Waals surface area (Å²) in [6.07, 6.45) is 5.62. The van der Waals surface area contributed by atoms with Gasteiger partial charge in [-0.15, -0.1) is 0 Å². The summed E-state index contributed by atoms with van der Waals surface area (Å²) < 4.78 is 0. The molecule has 0 heterocycles. The number of fused-ring (bicyclic) bond motifs is 2. The van der Waals surface area contributed by atoms with Crippen molar-refractivity contribution in [3.8, 4) is 0 Å². The second-order valence-corrected chi connectivity index (χ2v) is 5.89. The Balaban J connectivity index is 1.66. The van der Waals surface area contributed by atoms with Crippen LogP contribution >= 0.6 is 0 Å². The van der Waals surface area contributed by atoms with E-state index in [9.17, 15) is 4.79 Å². The van der Waals surface area contributed by atoms with Crippen LogP contribution in [0.15, 0.2) is 0 Å². The van der Waals surface area contributed by atoms with Crippen molar-refractivity contribution in [2.45, 2.75) is 39.5 Å². The maximum atomic E-state index is 11.9. The summed E-state index contributed by atoms with van der Waals surface area (Å²) in [5, 5.41) is 6.36. The minimum atomic E-state index is 0.0912. The number of rotatable bonds is 6. The third-order valence-electron chi connectivity index (χ3n) is 4.57. The van der Waals surface area contributed by atoms with Crippen LogP contribution < -0.4 is 10.6 Å². The van der Waals surface area contributed by atoms with Crippen LogP contribution in [-0.4, -0.2) is 25.5 Å². The predicted octanol–water partition coefficient (Wildman–Crippen LogP) is 1.78. The fourth-order valence-corrected chi connectivity index (χ4v) is 3.49. The molecule has 0 aromatic rings. The van der Waals surface area contributed by atoms with Gasteiger partial charge in [-0.2, -0.15) is 0 Å². The fourth-order valence-electron chi connectivity index (χ4n) is 3.49. The minimum absolute atomic E-state index is 0.0912. The van der Waals surface area contributed by atoms with Crippen molar-refractivity contribution < 1.29 is 4.79 Å². The van der Waals surface area contributed by atoms with E-state index < -0.39 is 0 Å². The highest BCUT2D eigenvalue weighted by Gasteiger charge is 2.39. The molecule has 0 aromatic carbocycles. The van der Waals surface area contributed by atoms with Gasteiger partial charge in [0.05, 0.1) is 0 Å². The van der Waals surface area contributed by atoms with Crippen molar-refractivity contribution in [3.63, 3.8) is 0 Å². The van der Waals surface area contributed by atoms with Gasteiger partial charge in [0.1, 0.15) is 0 Å². The summed E-state index contributed by atoms with van der Waals surface area (Å²) in [6.45, 7) is 6.71. The molecule has 2 saturated carbocycles. The summed E-state index contributed by atoms with van der Waals surface area (Å²) in [5.41, 5.74) is 0. The van der Waals surface area contributed by atoms with Gasteiger partial charge in [0, 0.05) is 19.0 Å². The Morgan fingerprint density at radius 3 is 2.76 bits per heavy atom. The first kappa shape index (κ1) is 12.9. The molecule has 4 unspecified atom stereocenters. The van der Waals surface area contributed by atoms with Gasteiger partial charge in [-0.25, -0.2) is 0 Å². The highest BCUT2D eigenvalue weighted by molar-refractivity contribution is 5.78. The minimum Gasteiger partial charge on any atom is -0.356 e. The lowest BCUT2D eigenvalue weighted by Gasteiger charge is -2.22. The van der Waals surface area contributed by atoms with Crippen molar-refractivity contribution >= 4 is 5.91 Å². The molecule has 98 valence electrons. The Kier molecular flexibility index (Phi) is 4.43. The average Bonchev–Trinajstić information content (AvgIpc) is 2.94. The molecule has 17 heavy (non-hydrogen) atoms. The Bertz CT molecular complexity index is 267. The molecule has 2 fully saturated rings. The van der Waals surface area contributed by atoms with Crippen LogP contribution in [0.4, 0.5) is 0 Å². The number of hydrogen-bond donors (Lipinski definition) is 2. The van der Waals surface area contributed by atoms with E-state index in [0.29, 0.717) is 0 Å². The van der Waals surface area contributed by atoms with Gasteiger partial charge in [0.25, 0.3) is 0 Å². The van der Waals surface area contributed by atoms with E-state index in [1.165, 1.54) is 25.7 Å². The van der Waals surface area contributed by atoms with E-state index in [4.69, 9.17) is 0 Å². The van der Waals surface area contributed by atoms with Gasteiger partial charge in [-0.1, -0.05) is 20.3 Å². The van der Waals surface area contributed by atoms with Crippen LogP contribution in [0.2, 0.25) is 0 Å². The molecule has 3 nitrogen and oxygen atoms in total. The largest absolute Gasteiger partial charge is 0.356 e. The lowest BCUT2D eigenvalue weighted by molar-refractivity contribution is -0.124. The predicted molar refractivity (Wildman–Crippen MR) is 69.7 cm³/mol. The zero-order valence-corrected chi connectivity index (χ0v) is 11.2. The molecule has 3 heteroatoms. The van der Waals surface area contributed by atoms with Crippen LogP contribution in [0.25, 0.3) is 0 Å². The summed E-state index contributed by atoms with van der Waals surface area (Å²) >= 11 is 0. The molecule has 0 saturated heterocycles. The Morgan fingerprint density at radius 2 is 2.18 bits per heavy atom. The van der Waals surface area contributed by atoms with E-state index in [1.54, 1.807) is 0 Å². The van der Waals surface area contributed by atoms with Crippen LogP contribution in [-0.2, 0) is 4.79 Å². The molecule has 2 aliphatic rings. The Morgan fingerprint density at radius 1 is 1.35 bits per heavy atom. The molecule has 2 rings (SSSR count). The maximum Gasteiger partial charge on any atom is 0.224 e. The third-order valence-corrected chi connectivity index (χ3v) is 4.57. The van der Waals surface area contributed by atoms with Crippen LogP contribution in [0.1, 0.15) is 39.5 Å². The van der Waals surface area contributed by atoms with Gasteiger partial charge in [-0.05, 0) is 43.6 Å². The van der Waals surface area contributed by atoms with E-state index >= 15 is 0 Å². The average molecular weight is 238 g/mol. The quantitative estimate of drug-likeness (QED) is 0.740. The van der Waals surface area contributed by atoms with Crippen molar-refractivity contribution in [2.75, 3.05) is 19.6 Å². The number of nitrogens with one attached hydrogen (secondary N) is 2. The normalized spacial score (nSPS) is 32.7. The van der Waals surface area contributed by atoms with E-state index in [-0.39, 0.29) is 11.8 Å². The van der Waals surface area contributed by atoms with Crippen LogP contribution in [0.3, 0.4) is 0 Å². The second-order valence-electron chi connectivity index (χ2n) is 5.89. The van der Waals surface area contributed by atoms with E-state index in [0.717, 1.165) is 37.4 Å². The summed E-state index contributed by atoms with van der Waals surface area (Å²) in [6, 6.07) is 0. The van der Waals surface area contributed by atoms with Crippen LogP contribution in [0.5, 0.6) is 0 Å².